The Hall–Kier alpha value is -2.47. The van der Waals surface area contributed by atoms with Gasteiger partial charge in [-0.15, -0.1) is 0 Å². The maximum absolute atomic E-state index is 12.9. The van der Waals surface area contributed by atoms with Crippen LogP contribution in [0.3, 0.4) is 0 Å². The summed E-state index contributed by atoms with van der Waals surface area (Å²) in [4.78, 5) is 14.8. The number of carbonyl (C=O) groups is 1. The van der Waals surface area contributed by atoms with E-state index in [9.17, 15) is 4.79 Å². The summed E-state index contributed by atoms with van der Waals surface area (Å²) in [6.45, 7) is 0. The molecule has 0 N–H and O–H groups in total. The number of methoxy groups -OCH3 is 3. The molecule has 5 nitrogen and oxygen atoms in total. The lowest BCUT2D eigenvalue weighted by molar-refractivity contribution is 0.104. The van der Waals surface area contributed by atoms with E-state index in [2.05, 4.69) is 15.9 Å². The molecule has 0 heterocycles. The van der Waals surface area contributed by atoms with Crippen molar-refractivity contribution in [1.82, 2.24) is 0 Å². The maximum Gasteiger partial charge on any atom is 0.203 e. The molecule has 0 fully saturated rings. The van der Waals surface area contributed by atoms with Gasteiger partial charge in [-0.2, -0.15) is 0 Å². The topological polar surface area (TPSA) is 48.0 Å². The third-order valence-corrected chi connectivity index (χ3v) is 4.44. The van der Waals surface area contributed by atoms with E-state index in [1.165, 1.54) is 7.11 Å². The van der Waals surface area contributed by atoms with Crippen LogP contribution < -0.4 is 19.1 Å². The smallest absolute Gasteiger partial charge is 0.203 e. The monoisotopic (exact) mass is 419 g/mol. The molecule has 0 aliphatic heterocycles. The number of ether oxygens (including phenoxy) is 3. The first-order valence-electron chi connectivity index (χ1n) is 7.90. The summed E-state index contributed by atoms with van der Waals surface area (Å²) in [5, 5.41) is 0. The molecule has 0 radical (unpaired) electrons. The molecule has 0 spiro atoms. The van der Waals surface area contributed by atoms with Gasteiger partial charge in [-0.1, -0.05) is 6.07 Å². The number of carbonyl (C=O) groups excluding carboxylic acids is 1. The molecule has 0 amide bonds. The van der Waals surface area contributed by atoms with Crippen molar-refractivity contribution in [2.45, 2.75) is 0 Å². The van der Waals surface area contributed by atoms with Gasteiger partial charge < -0.3 is 19.1 Å². The normalized spacial score (nSPS) is 11.1. The quantitative estimate of drug-likeness (QED) is 0.491. The fourth-order valence-corrected chi connectivity index (χ4v) is 2.96. The van der Waals surface area contributed by atoms with Crippen molar-refractivity contribution >= 4 is 33.5 Å². The first-order valence-corrected chi connectivity index (χ1v) is 8.69. The van der Waals surface area contributed by atoms with Crippen LogP contribution in [0.1, 0.15) is 15.9 Å². The lowest BCUT2D eigenvalue weighted by Gasteiger charge is -2.17. The summed E-state index contributed by atoms with van der Waals surface area (Å²) < 4.78 is 16.3. The number of ketones is 1. The number of nitrogens with zero attached hydrogens (tertiary/aromatic N) is 1. The number of anilines is 1. The fourth-order valence-electron chi connectivity index (χ4n) is 2.48. The minimum absolute atomic E-state index is 0.192. The number of allylic oxidation sites excluding steroid dienone is 1. The van der Waals surface area contributed by atoms with Gasteiger partial charge >= 0.3 is 0 Å². The molecule has 6 heteroatoms. The number of rotatable bonds is 7. The summed E-state index contributed by atoms with van der Waals surface area (Å²) in [6.07, 6.45) is 1.77. The zero-order chi connectivity index (χ0) is 19.3. The summed E-state index contributed by atoms with van der Waals surface area (Å²) in [5.41, 5.74) is 2.22. The molecule has 2 aromatic rings. The minimum Gasteiger partial charge on any atom is -0.497 e. The lowest BCUT2D eigenvalue weighted by Crippen LogP contribution is -2.10. The van der Waals surface area contributed by atoms with Gasteiger partial charge in [0.05, 0.1) is 37.1 Å². The van der Waals surface area contributed by atoms with E-state index < -0.39 is 0 Å². The van der Waals surface area contributed by atoms with Crippen LogP contribution in [0.15, 0.2) is 40.9 Å². The maximum atomic E-state index is 12.9. The van der Waals surface area contributed by atoms with E-state index in [1.54, 1.807) is 38.5 Å². The van der Waals surface area contributed by atoms with Gasteiger partial charge in [0.1, 0.15) is 17.2 Å². The standard InChI is InChI=1S/C20H22BrNO4/c1-22(2)17-11-13(6-8-19(17)26-5)10-16(21)20(23)15-12-14(24-3)7-9-18(15)25-4/h6-12H,1-5H3. The molecule has 0 aliphatic rings. The Kier molecular flexibility index (Phi) is 6.69. The average Bonchev–Trinajstić information content (AvgIpc) is 2.66. The predicted octanol–water partition coefficient (Wildman–Crippen LogP) is 4.40. The second-order valence-corrected chi connectivity index (χ2v) is 6.57. The molecule has 2 aromatic carbocycles. The van der Waals surface area contributed by atoms with Crippen LogP contribution in [0.2, 0.25) is 0 Å². The molecular weight excluding hydrogens is 398 g/mol. The number of benzene rings is 2. The third kappa shape index (κ3) is 4.38. The van der Waals surface area contributed by atoms with Crippen molar-refractivity contribution < 1.29 is 19.0 Å². The van der Waals surface area contributed by atoms with Crippen LogP contribution in [0.5, 0.6) is 17.2 Å². The highest BCUT2D eigenvalue weighted by Gasteiger charge is 2.17. The predicted molar refractivity (Wildman–Crippen MR) is 108 cm³/mol. The number of hydrogen-bond acceptors (Lipinski definition) is 5. The highest BCUT2D eigenvalue weighted by Crippen LogP contribution is 2.31. The second kappa shape index (κ2) is 8.76. The summed E-state index contributed by atoms with van der Waals surface area (Å²) in [7, 11) is 8.59. The SMILES string of the molecule is COc1ccc(OC)c(C(=O)C(Br)=Cc2ccc(OC)c(N(C)C)c2)c1. The van der Waals surface area contributed by atoms with E-state index in [-0.39, 0.29) is 5.78 Å². The molecule has 0 bridgehead atoms. The van der Waals surface area contributed by atoms with Crippen molar-refractivity contribution in [1.29, 1.82) is 0 Å². The largest absolute Gasteiger partial charge is 0.497 e. The van der Waals surface area contributed by atoms with Gasteiger partial charge in [-0.3, -0.25) is 4.79 Å². The molecule has 26 heavy (non-hydrogen) atoms. The van der Waals surface area contributed by atoms with Gasteiger partial charge in [-0.25, -0.2) is 0 Å². The highest BCUT2D eigenvalue weighted by atomic mass is 79.9. The molecule has 0 aliphatic carbocycles. The first kappa shape index (κ1) is 19.8. The number of halogens is 1. The van der Waals surface area contributed by atoms with Crippen LogP contribution in [-0.2, 0) is 0 Å². The molecule has 0 unspecified atom stereocenters. The third-order valence-electron chi connectivity index (χ3n) is 3.85. The van der Waals surface area contributed by atoms with Crippen molar-refractivity contribution in [2.75, 3.05) is 40.3 Å². The molecule has 0 atom stereocenters. The Balaban J connectivity index is 2.41. The molecule has 0 saturated carbocycles. The van der Waals surface area contributed by atoms with Crippen LogP contribution in [0.25, 0.3) is 6.08 Å². The lowest BCUT2D eigenvalue weighted by atomic mass is 10.1. The summed E-state index contributed by atoms with van der Waals surface area (Å²) in [5.74, 6) is 1.66. The zero-order valence-corrected chi connectivity index (χ0v) is 17.1. The first-order chi connectivity index (χ1) is 12.4. The van der Waals surface area contributed by atoms with E-state index in [1.807, 2.05) is 37.2 Å². The van der Waals surface area contributed by atoms with Crippen molar-refractivity contribution in [3.8, 4) is 17.2 Å². The van der Waals surface area contributed by atoms with Gasteiger partial charge in [0.2, 0.25) is 5.78 Å². The van der Waals surface area contributed by atoms with Crippen LogP contribution in [-0.4, -0.2) is 41.2 Å². The summed E-state index contributed by atoms with van der Waals surface area (Å²) >= 11 is 3.39. The molecule has 0 saturated heterocycles. The number of Topliss-reactive ketones (excluding diaryl/α,β-unsaturated/α-hetero) is 1. The van der Waals surface area contributed by atoms with Crippen LogP contribution in [0.4, 0.5) is 5.69 Å². The summed E-state index contributed by atoms with van der Waals surface area (Å²) in [6, 6.07) is 10.8. The zero-order valence-electron chi connectivity index (χ0n) is 15.5. The fraction of sp³-hybridized carbons (Fsp3) is 0.250. The molecular formula is C20H22BrNO4. The van der Waals surface area contributed by atoms with E-state index >= 15 is 0 Å². The Bertz CT molecular complexity index is 831. The Morgan fingerprint density at radius 2 is 1.62 bits per heavy atom. The van der Waals surface area contributed by atoms with E-state index in [4.69, 9.17) is 14.2 Å². The highest BCUT2D eigenvalue weighted by molar-refractivity contribution is 9.12. The second-order valence-electron chi connectivity index (χ2n) is 5.71. The van der Waals surface area contributed by atoms with Gasteiger partial charge in [-0.05, 0) is 57.9 Å². The van der Waals surface area contributed by atoms with Crippen molar-refractivity contribution in [3.05, 3.63) is 52.0 Å². The van der Waals surface area contributed by atoms with Crippen LogP contribution in [0, 0.1) is 0 Å². The van der Waals surface area contributed by atoms with E-state index in [0.29, 0.717) is 21.5 Å². The Morgan fingerprint density at radius 3 is 2.19 bits per heavy atom. The van der Waals surface area contributed by atoms with Gasteiger partial charge in [0.15, 0.2) is 0 Å². The molecule has 138 valence electrons. The molecule has 0 aromatic heterocycles. The van der Waals surface area contributed by atoms with Crippen molar-refractivity contribution in [2.24, 2.45) is 0 Å². The van der Waals surface area contributed by atoms with Gasteiger partial charge in [0.25, 0.3) is 0 Å². The Morgan fingerprint density at radius 1 is 0.962 bits per heavy atom. The molecule has 2 rings (SSSR count). The Labute approximate surface area is 162 Å². The van der Waals surface area contributed by atoms with E-state index in [0.717, 1.165) is 17.0 Å². The van der Waals surface area contributed by atoms with Crippen molar-refractivity contribution in [3.63, 3.8) is 0 Å². The average molecular weight is 420 g/mol. The minimum atomic E-state index is -0.192. The van der Waals surface area contributed by atoms with Crippen LogP contribution >= 0.6 is 15.9 Å². The number of hydrogen-bond donors (Lipinski definition) is 0. The van der Waals surface area contributed by atoms with Gasteiger partial charge in [0, 0.05) is 14.1 Å².